The van der Waals surface area contributed by atoms with Crippen LogP contribution < -0.4 is 5.73 Å². The van der Waals surface area contributed by atoms with Crippen LogP contribution in [0.3, 0.4) is 0 Å². The van der Waals surface area contributed by atoms with E-state index in [1.807, 2.05) is 0 Å². The third-order valence-electron chi connectivity index (χ3n) is 2.73. The van der Waals surface area contributed by atoms with Crippen molar-refractivity contribution >= 4 is 0 Å². The van der Waals surface area contributed by atoms with Crippen LogP contribution in [-0.2, 0) is 13.1 Å². The Kier molecular flexibility index (Phi) is 2.79. The van der Waals surface area contributed by atoms with Crippen molar-refractivity contribution in [1.82, 2.24) is 19.7 Å². The van der Waals surface area contributed by atoms with Crippen LogP contribution in [0.5, 0.6) is 0 Å². The fourth-order valence-corrected chi connectivity index (χ4v) is 1.73. The maximum absolute atomic E-state index is 5.91. The number of hydrogen-bond acceptors (Lipinski definition) is 4. The Balaban J connectivity index is 1.94. The molecule has 2 heterocycles. The highest BCUT2D eigenvalue weighted by Gasteiger charge is 2.18. The minimum Gasteiger partial charge on any atom is -0.327 e. The molecule has 0 saturated heterocycles. The minimum atomic E-state index is 0.282. The first kappa shape index (κ1) is 9.61. The molecule has 0 amide bonds. The zero-order chi connectivity index (χ0) is 9.97. The molecular formula is C9H17N5. The molecule has 1 aliphatic heterocycles. The first-order valence-electron chi connectivity index (χ1n) is 5.14. The Morgan fingerprint density at radius 2 is 2.43 bits per heavy atom. The summed E-state index contributed by atoms with van der Waals surface area (Å²) in [6.45, 7) is 6.01. The van der Waals surface area contributed by atoms with Gasteiger partial charge in [0.2, 0.25) is 0 Å². The Morgan fingerprint density at radius 3 is 3.21 bits per heavy atom. The van der Waals surface area contributed by atoms with Crippen LogP contribution in [0.2, 0.25) is 0 Å². The lowest BCUT2D eigenvalue weighted by Crippen LogP contribution is -2.41. The SMILES string of the molecule is CCC(N)CN1CCn2cnnc2C1. The monoisotopic (exact) mass is 195 g/mol. The summed E-state index contributed by atoms with van der Waals surface area (Å²) in [5.74, 6) is 1.06. The molecule has 0 radical (unpaired) electrons. The molecule has 0 aromatic carbocycles. The van der Waals surface area contributed by atoms with Gasteiger partial charge < -0.3 is 10.3 Å². The van der Waals surface area contributed by atoms with Crippen molar-refractivity contribution < 1.29 is 0 Å². The van der Waals surface area contributed by atoms with Crippen molar-refractivity contribution in [2.75, 3.05) is 13.1 Å². The zero-order valence-corrected chi connectivity index (χ0v) is 8.56. The van der Waals surface area contributed by atoms with Crippen molar-refractivity contribution in [3.05, 3.63) is 12.2 Å². The Bertz CT molecular complexity index is 295. The van der Waals surface area contributed by atoms with Gasteiger partial charge in [0.1, 0.15) is 12.2 Å². The van der Waals surface area contributed by atoms with E-state index in [2.05, 4.69) is 26.6 Å². The summed E-state index contributed by atoms with van der Waals surface area (Å²) in [5.41, 5.74) is 5.91. The molecule has 0 fully saturated rings. The van der Waals surface area contributed by atoms with E-state index in [0.717, 1.165) is 38.4 Å². The van der Waals surface area contributed by atoms with Crippen molar-refractivity contribution in [3.63, 3.8) is 0 Å². The average Bonchev–Trinajstić information content (AvgIpc) is 2.64. The van der Waals surface area contributed by atoms with E-state index in [1.165, 1.54) is 0 Å². The second-order valence-corrected chi connectivity index (χ2v) is 3.84. The number of fused-ring (bicyclic) bond motifs is 1. The topological polar surface area (TPSA) is 60.0 Å². The van der Waals surface area contributed by atoms with Crippen LogP contribution in [0.25, 0.3) is 0 Å². The summed E-state index contributed by atoms with van der Waals surface area (Å²) in [7, 11) is 0. The van der Waals surface area contributed by atoms with E-state index in [-0.39, 0.29) is 6.04 Å². The van der Waals surface area contributed by atoms with Crippen LogP contribution in [0, 0.1) is 0 Å². The predicted octanol–water partition coefficient (Wildman–Crippen LogP) is -0.169. The number of aromatic nitrogens is 3. The van der Waals surface area contributed by atoms with Gasteiger partial charge in [-0.25, -0.2) is 0 Å². The number of nitrogens with two attached hydrogens (primary N) is 1. The molecule has 5 nitrogen and oxygen atoms in total. The largest absolute Gasteiger partial charge is 0.327 e. The third-order valence-corrected chi connectivity index (χ3v) is 2.73. The maximum atomic E-state index is 5.91. The molecule has 1 unspecified atom stereocenters. The van der Waals surface area contributed by atoms with Crippen LogP contribution >= 0.6 is 0 Å². The molecule has 0 saturated carbocycles. The van der Waals surface area contributed by atoms with Gasteiger partial charge in [-0.2, -0.15) is 0 Å². The van der Waals surface area contributed by atoms with Gasteiger partial charge in [0.05, 0.1) is 6.54 Å². The van der Waals surface area contributed by atoms with E-state index >= 15 is 0 Å². The highest BCUT2D eigenvalue weighted by Crippen LogP contribution is 2.09. The second kappa shape index (κ2) is 4.06. The van der Waals surface area contributed by atoms with E-state index in [0.29, 0.717) is 0 Å². The van der Waals surface area contributed by atoms with Crippen LogP contribution in [0.1, 0.15) is 19.2 Å². The summed E-state index contributed by atoms with van der Waals surface area (Å²) in [4.78, 5) is 2.35. The highest BCUT2D eigenvalue weighted by molar-refractivity contribution is 4.90. The molecule has 0 aliphatic carbocycles. The highest BCUT2D eigenvalue weighted by atomic mass is 15.3. The Labute approximate surface area is 83.9 Å². The zero-order valence-electron chi connectivity index (χ0n) is 8.56. The van der Waals surface area contributed by atoms with Gasteiger partial charge in [0.25, 0.3) is 0 Å². The molecule has 2 rings (SSSR count). The molecular weight excluding hydrogens is 178 g/mol. The number of nitrogens with zero attached hydrogens (tertiary/aromatic N) is 4. The smallest absolute Gasteiger partial charge is 0.147 e. The lowest BCUT2D eigenvalue weighted by molar-refractivity contribution is 0.203. The first-order valence-corrected chi connectivity index (χ1v) is 5.14. The molecule has 5 heteroatoms. The van der Waals surface area contributed by atoms with Crippen LogP contribution in [0.4, 0.5) is 0 Å². The van der Waals surface area contributed by atoms with Crippen molar-refractivity contribution in [3.8, 4) is 0 Å². The van der Waals surface area contributed by atoms with E-state index in [1.54, 1.807) is 6.33 Å². The molecule has 1 aromatic rings. The molecule has 78 valence electrons. The second-order valence-electron chi connectivity index (χ2n) is 3.84. The summed E-state index contributed by atoms with van der Waals surface area (Å²) in [6, 6.07) is 0.282. The van der Waals surface area contributed by atoms with Gasteiger partial charge >= 0.3 is 0 Å². The molecule has 2 N–H and O–H groups in total. The summed E-state index contributed by atoms with van der Waals surface area (Å²) >= 11 is 0. The van der Waals surface area contributed by atoms with E-state index in [4.69, 9.17) is 5.73 Å². The first-order chi connectivity index (χ1) is 6.79. The van der Waals surface area contributed by atoms with Crippen LogP contribution in [-0.4, -0.2) is 38.8 Å². The van der Waals surface area contributed by atoms with Gasteiger partial charge in [-0.1, -0.05) is 6.92 Å². The van der Waals surface area contributed by atoms with E-state index < -0.39 is 0 Å². The Hall–Kier alpha value is -0.940. The summed E-state index contributed by atoms with van der Waals surface area (Å²) in [5, 5.41) is 7.96. The standard InChI is InChI=1S/C9H17N5/c1-2-8(10)5-13-3-4-14-7-11-12-9(14)6-13/h7-8H,2-6,10H2,1H3. The number of hydrogen-bond donors (Lipinski definition) is 1. The molecule has 14 heavy (non-hydrogen) atoms. The van der Waals surface area contributed by atoms with Gasteiger partial charge in [0.15, 0.2) is 0 Å². The van der Waals surface area contributed by atoms with Gasteiger partial charge in [0, 0.05) is 25.7 Å². The van der Waals surface area contributed by atoms with Crippen molar-refractivity contribution in [1.29, 1.82) is 0 Å². The fourth-order valence-electron chi connectivity index (χ4n) is 1.73. The quantitative estimate of drug-likeness (QED) is 0.727. The summed E-state index contributed by atoms with van der Waals surface area (Å²) in [6.07, 6.45) is 2.83. The average molecular weight is 195 g/mol. The van der Waals surface area contributed by atoms with Gasteiger partial charge in [-0.3, -0.25) is 4.90 Å². The third kappa shape index (κ3) is 1.93. The van der Waals surface area contributed by atoms with Crippen molar-refractivity contribution in [2.45, 2.75) is 32.5 Å². The van der Waals surface area contributed by atoms with Crippen LogP contribution in [0.15, 0.2) is 6.33 Å². The number of rotatable bonds is 3. The lowest BCUT2D eigenvalue weighted by Gasteiger charge is -2.28. The molecule has 0 spiro atoms. The lowest BCUT2D eigenvalue weighted by atomic mass is 10.2. The van der Waals surface area contributed by atoms with Gasteiger partial charge in [-0.05, 0) is 6.42 Å². The fraction of sp³-hybridized carbons (Fsp3) is 0.778. The normalized spacial score (nSPS) is 19.3. The summed E-state index contributed by atoms with van der Waals surface area (Å²) < 4.78 is 2.11. The predicted molar refractivity (Wildman–Crippen MR) is 53.6 cm³/mol. The van der Waals surface area contributed by atoms with Gasteiger partial charge in [-0.15, -0.1) is 10.2 Å². The molecule has 1 aliphatic rings. The molecule has 1 aromatic heterocycles. The molecule has 0 bridgehead atoms. The van der Waals surface area contributed by atoms with E-state index in [9.17, 15) is 0 Å². The Morgan fingerprint density at radius 1 is 1.57 bits per heavy atom. The minimum absolute atomic E-state index is 0.282. The van der Waals surface area contributed by atoms with Crippen molar-refractivity contribution in [2.24, 2.45) is 5.73 Å². The maximum Gasteiger partial charge on any atom is 0.147 e. The molecule has 1 atom stereocenters.